The van der Waals surface area contributed by atoms with Crippen LogP contribution < -0.4 is 16.6 Å². The van der Waals surface area contributed by atoms with Gasteiger partial charge in [0.15, 0.2) is 0 Å². The Labute approximate surface area is 126 Å². The summed E-state index contributed by atoms with van der Waals surface area (Å²) >= 11 is 0. The Bertz CT molecular complexity index is 554. The number of aryl methyl sites for hydroxylation is 1. The lowest BCUT2D eigenvalue weighted by Gasteiger charge is -2.11. The van der Waals surface area contributed by atoms with Gasteiger partial charge >= 0.3 is 0 Å². The first-order valence-corrected chi connectivity index (χ1v) is 7.32. The lowest BCUT2D eigenvalue weighted by Crippen LogP contribution is -2.13. The molecule has 0 bridgehead atoms. The Balaban J connectivity index is 1.89. The van der Waals surface area contributed by atoms with Crippen LogP contribution in [0.4, 0.5) is 11.6 Å². The first kappa shape index (κ1) is 15.3. The van der Waals surface area contributed by atoms with Gasteiger partial charge in [0.2, 0.25) is 0 Å². The van der Waals surface area contributed by atoms with Crippen LogP contribution in [0.15, 0.2) is 36.4 Å². The van der Waals surface area contributed by atoms with Gasteiger partial charge in [0, 0.05) is 18.5 Å². The first-order chi connectivity index (χ1) is 10.2. The van der Waals surface area contributed by atoms with E-state index in [4.69, 9.17) is 5.84 Å². The van der Waals surface area contributed by atoms with Crippen LogP contribution >= 0.6 is 0 Å². The molecule has 2 rings (SSSR count). The molecule has 1 aromatic carbocycles. The van der Waals surface area contributed by atoms with Gasteiger partial charge < -0.3 is 10.7 Å². The molecule has 1 aromatic heterocycles. The van der Waals surface area contributed by atoms with E-state index < -0.39 is 0 Å². The molecular formula is C16H23N5. The minimum atomic E-state index is 0.267. The normalized spacial score (nSPS) is 10.7. The van der Waals surface area contributed by atoms with E-state index in [0.29, 0.717) is 5.82 Å². The molecule has 0 saturated heterocycles. The number of hydrogen-bond acceptors (Lipinski definition) is 5. The largest absolute Gasteiger partial charge is 0.370 e. The number of nitrogen functional groups attached to an aromatic ring is 1. The van der Waals surface area contributed by atoms with E-state index in [0.717, 1.165) is 31.0 Å². The van der Waals surface area contributed by atoms with Gasteiger partial charge in [-0.1, -0.05) is 44.2 Å². The summed E-state index contributed by atoms with van der Waals surface area (Å²) in [6, 6.07) is 12.3. The number of rotatable bonds is 7. The summed E-state index contributed by atoms with van der Waals surface area (Å²) in [7, 11) is 0. The molecular weight excluding hydrogens is 262 g/mol. The van der Waals surface area contributed by atoms with E-state index >= 15 is 0 Å². The molecule has 21 heavy (non-hydrogen) atoms. The van der Waals surface area contributed by atoms with Crippen molar-refractivity contribution in [3.8, 4) is 0 Å². The maximum Gasteiger partial charge on any atom is 0.145 e. The average molecular weight is 285 g/mol. The Kier molecular flexibility index (Phi) is 5.51. The molecule has 5 heteroatoms. The van der Waals surface area contributed by atoms with Crippen LogP contribution in [0.25, 0.3) is 0 Å². The number of hydrazine groups is 1. The zero-order chi connectivity index (χ0) is 15.1. The van der Waals surface area contributed by atoms with Gasteiger partial charge in [-0.3, -0.25) is 0 Å². The maximum absolute atomic E-state index is 5.45. The minimum absolute atomic E-state index is 0.267. The van der Waals surface area contributed by atoms with Crippen LogP contribution in [0.3, 0.4) is 0 Å². The number of nitrogens with two attached hydrogens (primary N) is 1. The third-order valence-electron chi connectivity index (χ3n) is 3.20. The lowest BCUT2D eigenvalue weighted by molar-refractivity contribution is 0.772. The van der Waals surface area contributed by atoms with Gasteiger partial charge in [-0.25, -0.2) is 15.8 Å². The Morgan fingerprint density at radius 1 is 1.10 bits per heavy atom. The number of nitrogens with one attached hydrogen (secondary N) is 2. The van der Waals surface area contributed by atoms with E-state index in [1.807, 2.05) is 12.1 Å². The molecule has 1 heterocycles. The average Bonchev–Trinajstić information content (AvgIpc) is 2.52. The van der Waals surface area contributed by atoms with Crippen LogP contribution in [0.5, 0.6) is 0 Å². The highest BCUT2D eigenvalue weighted by molar-refractivity contribution is 5.47. The van der Waals surface area contributed by atoms with Crippen molar-refractivity contribution in [1.82, 2.24) is 9.97 Å². The second-order valence-electron chi connectivity index (χ2n) is 5.31. The number of anilines is 2. The molecule has 2 aromatic rings. The van der Waals surface area contributed by atoms with Crippen LogP contribution in [-0.2, 0) is 6.42 Å². The molecule has 0 amide bonds. The van der Waals surface area contributed by atoms with E-state index in [2.05, 4.69) is 58.8 Å². The van der Waals surface area contributed by atoms with Crippen molar-refractivity contribution >= 4 is 11.6 Å². The van der Waals surface area contributed by atoms with Gasteiger partial charge in [0.05, 0.1) is 0 Å². The predicted molar refractivity (Wildman–Crippen MR) is 87.2 cm³/mol. The molecule has 0 aliphatic rings. The van der Waals surface area contributed by atoms with Crippen molar-refractivity contribution in [3.63, 3.8) is 0 Å². The van der Waals surface area contributed by atoms with Crippen molar-refractivity contribution in [2.24, 2.45) is 5.84 Å². The molecule has 4 N–H and O–H groups in total. The summed E-state index contributed by atoms with van der Waals surface area (Å²) in [6.07, 6.45) is 2.11. The second kappa shape index (κ2) is 7.59. The lowest BCUT2D eigenvalue weighted by atomic mass is 10.1. The first-order valence-electron chi connectivity index (χ1n) is 7.32. The van der Waals surface area contributed by atoms with Crippen LogP contribution in [-0.4, -0.2) is 16.5 Å². The molecule has 0 radical (unpaired) electrons. The van der Waals surface area contributed by atoms with Crippen molar-refractivity contribution in [2.45, 2.75) is 32.6 Å². The van der Waals surface area contributed by atoms with Gasteiger partial charge in [0.25, 0.3) is 0 Å². The maximum atomic E-state index is 5.45. The van der Waals surface area contributed by atoms with Gasteiger partial charge in [-0.15, -0.1) is 0 Å². The molecule has 0 aliphatic heterocycles. The van der Waals surface area contributed by atoms with Crippen molar-refractivity contribution in [2.75, 3.05) is 17.3 Å². The number of aromatic nitrogens is 2. The summed E-state index contributed by atoms with van der Waals surface area (Å²) in [5, 5.41) is 3.34. The molecule has 112 valence electrons. The van der Waals surface area contributed by atoms with Crippen molar-refractivity contribution in [3.05, 3.63) is 47.8 Å². The molecule has 0 spiro atoms. The van der Waals surface area contributed by atoms with Crippen molar-refractivity contribution < 1.29 is 0 Å². The topological polar surface area (TPSA) is 75.9 Å². The van der Waals surface area contributed by atoms with Crippen molar-refractivity contribution in [1.29, 1.82) is 0 Å². The fourth-order valence-corrected chi connectivity index (χ4v) is 2.04. The second-order valence-corrected chi connectivity index (χ2v) is 5.31. The standard InChI is InChI=1S/C16H23N5/c1-12(2)16-19-14(11-15(20-16)21-17)18-10-6-9-13-7-4-3-5-8-13/h3-5,7-8,11-12H,6,9-10,17H2,1-2H3,(H2,18,19,20,21). The molecule has 0 unspecified atom stereocenters. The van der Waals surface area contributed by atoms with Gasteiger partial charge in [-0.05, 0) is 18.4 Å². The van der Waals surface area contributed by atoms with Gasteiger partial charge in [0.1, 0.15) is 17.5 Å². The zero-order valence-electron chi connectivity index (χ0n) is 12.6. The summed E-state index contributed by atoms with van der Waals surface area (Å²) in [6.45, 7) is 5.00. The number of benzene rings is 1. The quantitative estimate of drug-likeness (QED) is 0.414. The summed E-state index contributed by atoms with van der Waals surface area (Å²) < 4.78 is 0. The molecule has 0 fully saturated rings. The highest BCUT2D eigenvalue weighted by atomic mass is 15.3. The van der Waals surface area contributed by atoms with Crippen LogP contribution in [0, 0.1) is 0 Å². The monoisotopic (exact) mass is 285 g/mol. The molecule has 0 atom stereocenters. The fourth-order valence-electron chi connectivity index (χ4n) is 2.04. The molecule has 0 saturated carbocycles. The number of nitrogens with zero attached hydrogens (tertiary/aromatic N) is 2. The summed E-state index contributed by atoms with van der Waals surface area (Å²) in [5.41, 5.74) is 3.94. The van der Waals surface area contributed by atoms with Crippen LogP contribution in [0.2, 0.25) is 0 Å². The third kappa shape index (κ3) is 4.72. The third-order valence-corrected chi connectivity index (χ3v) is 3.20. The Morgan fingerprint density at radius 3 is 2.48 bits per heavy atom. The zero-order valence-corrected chi connectivity index (χ0v) is 12.6. The fraction of sp³-hybridized carbons (Fsp3) is 0.375. The molecule has 5 nitrogen and oxygen atoms in total. The van der Waals surface area contributed by atoms with Gasteiger partial charge in [-0.2, -0.15) is 0 Å². The van der Waals surface area contributed by atoms with E-state index in [-0.39, 0.29) is 5.92 Å². The predicted octanol–water partition coefficient (Wildman–Crippen LogP) is 2.93. The minimum Gasteiger partial charge on any atom is -0.370 e. The van der Waals surface area contributed by atoms with E-state index in [9.17, 15) is 0 Å². The smallest absolute Gasteiger partial charge is 0.145 e. The summed E-state index contributed by atoms with van der Waals surface area (Å²) in [5.74, 6) is 7.96. The van der Waals surface area contributed by atoms with Crippen LogP contribution in [0.1, 0.15) is 37.6 Å². The Hall–Kier alpha value is -2.14. The Morgan fingerprint density at radius 2 is 1.81 bits per heavy atom. The SMILES string of the molecule is CC(C)c1nc(NN)cc(NCCCc2ccccc2)n1. The van der Waals surface area contributed by atoms with E-state index in [1.165, 1.54) is 5.56 Å². The highest BCUT2D eigenvalue weighted by Gasteiger charge is 2.07. The number of hydrogen-bond donors (Lipinski definition) is 3. The highest BCUT2D eigenvalue weighted by Crippen LogP contribution is 2.16. The van der Waals surface area contributed by atoms with E-state index in [1.54, 1.807) is 0 Å². The summed E-state index contributed by atoms with van der Waals surface area (Å²) in [4.78, 5) is 8.85. The molecule has 0 aliphatic carbocycles.